The highest BCUT2D eigenvalue weighted by molar-refractivity contribution is 7.17. The summed E-state index contributed by atoms with van der Waals surface area (Å²) in [5.41, 5.74) is 0.558. The zero-order valence-corrected chi connectivity index (χ0v) is 18.3. The van der Waals surface area contributed by atoms with Crippen LogP contribution < -0.4 is 26.0 Å². The summed E-state index contributed by atoms with van der Waals surface area (Å²) in [4.78, 5) is 39.1. The average molecular weight is 452 g/mol. The van der Waals surface area contributed by atoms with Crippen LogP contribution in [0.2, 0.25) is 0 Å². The Morgan fingerprint density at radius 2 is 1.84 bits per heavy atom. The second-order valence-corrected chi connectivity index (χ2v) is 7.86. The molecule has 1 N–H and O–H groups in total. The van der Waals surface area contributed by atoms with Crippen molar-refractivity contribution in [3.63, 3.8) is 0 Å². The van der Waals surface area contributed by atoms with Gasteiger partial charge in [-0.15, -0.1) is 11.3 Å². The second-order valence-electron chi connectivity index (χ2n) is 6.94. The third kappa shape index (κ3) is 4.02. The molecule has 0 aliphatic rings. The van der Waals surface area contributed by atoms with Crippen molar-refractivity contribution in [1.29, 1.82) is 0 Å². The van der Waals surface area contributed by atoms with Gasteiger partial charge in [0, 0.05) is 6.54 Å². The monoisotopic (exact) mass is 451 g/mol. The fraction of sp³-hybridized carbons (Fsp3) is 0.174. The van der Waals surface area contributed by atoms with Gasteiger partial charge in [0.15, 0.2) is 0 Å². The molecule has 1 amide bonds. The number of benzene rings is 2. The van der Waals surface area contributed by atoms with Crippen LogP contribution in [0.1, 0.15) is 5.56 Å². The number of para-hydroxylation sites is 2. The van der Waals surface area contributed by atoms with E-state index in [-0.39, 0.29) is 19.0 Å². The predicted octanol–water partition coefficient (Wildman–Crippen LogP) is 2.55. The van der Waals surface area contributed by atoms with E-state index in [1.54, 1.807) is 42.8 Å². The van der Waals surface area contributed by atoms with Crippen molar-refractivity contribution >= 4 is 27.5 Å². The minimum Gasteiger partial charge on any atom is -0.497 e. The molecule has 0 spiro atoms. The molecule has 0 atom stereocenters. The summed E-state index contributed by atoms with van der Waals surface area (Å²) in [5, 5.41) is 4.54. The van der Waals surface area contributed by atoms with Crippen LogP contribution in [-0.2, 0) is 17.9 Å². The number of aromatic nitrogens is 2. The maximum atomic E-state index is 13.3. The summed E-state index contributed by atoms with van der Waals surface area (Å²) >= 11 is 1.22. The molecule has 2 aromatic carbocycles. The molecule has 0 radical (unpaired) electrons. The van der Waals surface area contributed by atoms with Crippen LogP contribution in [0, 0.1) is 0 Å². The first kappa shape index (κ1) is 21.4. The van der Waals surface area contributed by atoms with Crippen LogP contribution in [0.3, 0.4) is 0 Å². The Bertz CT molecular complexity index is 1400. The minimum absolute atomic E-state index is 0.231. The van der Waals surface area contributed by atoms with E-state index in [0.29, 0.717) is 27.4 Å². The van der Waals surface area contributed by atoms with Gasteiger partial charge in [-0.2, -0.15) is 0 Å². The molecular weight excluding hydrogens is 430 g/mol. The molecule has 0 aliphatic carbocycles. The Kier molecular flexibility index (Phi) is 6.09. The van der Waals surface area contributed by atoms with Gasteiger partial charge < -0.3 is 14.8 Å². The maximum Gasteiger partial charge on any atom is 0.336 e. The van der Waals surface area contributed by atoms with E-state index in [9.17, 15) is 14.4 Å². The molecule has 0 saturated heterocycles. The van der Waals surface area contributed by atoms with E-state index in [1.165, 1.54) is 23.0 Å². The topological polar surface area (TPSA) is 91.6 Å². The highest BCUT2D eigenvalue weighted by atomic mass is 32.1. The van der Waals surface area contributed by atoms with Crippen LogP contribution >= 0.6 is 11.3 Å². The van der Waals surface area contributed by atoms with Crippen molar-refractivity contribution in [3.05, 3.63) is 86.4 Å². The van der Waals surface area contributed by atoms with E-state index < -0.39 is 11.2 Å². The molecule has 0 saturated carbocycles. The van der Waals surface area contributed by atoms with Gasteiger partial charge in [-0.1, -0.05) is 24.3 Å². The van der Waals surface area contributed by atoms with Gasteiger partial charge in [-0.25, -0.2) is 9.36 Å². The number of thiophene rings is 1. The van der Waals surface area contributed by atoms with Gasteiger partial charge in [0.05, 0.1) is 25.4 Å². The molecule has 8 nitrogen and oxygen atoms in total. The Balaban J connectivity index is 1.70. The lowest BCUT2D eigenvalue weighted by Gasteiger charge is -2.14. The molecule has 0 bridgehead atoms. The maximum absolute atomic E-state index is 13.3. The Morgan fingerprint density at radius 3 is 2.62 bits per heavy atom. The zero-order chi connectivity index (χ0) is 22.7. The van der Waals surface area contributed by atoms with Gasteiger partial charge in [0.1, 0.15) is 22.7 Å². The third-order valence-corrected chi connectivity index (χ3v) is 5.90. The lowest BCUT2D eigenvalue weighted by Crippen LogP contribution is -2.41. The molecule has 4 rings (SSSR count). The Morgan fingerprint density at radius 1 is 1.03 bits per heavy atom. The normalized spacial score (nSPS) is 10.8. The first-order valence-electron chi connectivity index (χ1n) is 9.79. The van der Waals surface area contributed by atoms with Crippen LogP contribution in [-0.4, -0.2) is 29.3 Å². The number of methoxy groups -OCH3 is 2. The SMILES string of the molecule is COc1cccc(CNC(=O)Cn2c(=O)n(-c3ccccc3OC)c(=O)c3sccc32)c1. The number of rotatable bonds is 7. The second kappa shape index (κ2) is 9.11. The van der Waals surface area contributed by atoms with Crippen molar-refractivity contribution in [2.24, 2.45) is 0 Å². The number of nitrogens with one attached hydrogen (secondary N) is 1. The molecular formula is C23H21N3O5S. The quantitative estimate of drug-likeness (QED) is 0.466. The molecule has 4 aromatic rings. The number of carbonyl (C=O) groups excluding carboxylic acids is 1. The van der Waals surface area contributed by atoms with Gasteiger partial charge in [-0.05, 0) is 41.3 Å². The first-order valence-corrected chi connectivity index (χ1v) is 10.7. The number of carbonyl (C=O) groups is 1. The standard InChI is InChI=1S/C23H21N3O5S/c1-30-16-7-5-6-15(12-16)13-24-20(27)14-25-18-10-11-32-21(18)22(28)26(23(25)29)17-8-3-4-9-19(17)31-2/h3-12H,13-14H2,1-2H3,(H,24,27). The Hall–Kier alpha value is -3.85. The number of fused-ring (bicyclic) bond motifs is 1. The van der Waals surface area contributed by atoms with Gasteiger partial charge >= 0.3 is 5.69 Å². The summed E-state index contributed by atoms with van der Waals surface area (Å²) in [6.45, 7) is 0.0508. The highest BCUT2D eigenvalue weighted by Gasteiger charge is 2.19. The molecule has 0 unspecified atom stereocenters. The van der Waals surface area contributed by atoms with Gasteiger partial charge in [0.25, 0.3) is 5.56 Å². The predicted molar refractivity (Wildman–Crippen MR) is 123 cm³/mol. The summed E-state index contributed by atoms with van der Waals surface area (Å²) < 4.78 is 13.3. The number of nitrogens with zero attached hydrogens (tertiary/aromatic N) is 2. The largest absolute Gasteiger partial charge is 0.497 e. The lowest BCUT2D eigenvalue weighted by atomic mass is 10.2. The Labute approximate surface area is 187 Å². The van der Waals surface area contributed by atoms with Gasteiger partial charge in [0.2, 0.25) is 5.91 Å². The number of amides is 1. The number of hydrogen-bond acceptors (Lipinski definition) is 6. The van der Waals surface area contributed by atoms with Crippen LogP contribution in [0.25, 0.3) is 15.9 Å². The number of ether oxygens (including phenoxy) is 2. The summed E-state index contributed by atoms with van der Waals surface area (Å²) in [5.74, 6) is 0.723. The van der Waals surface area contributed by atoms with E-state index in [1.807, 2.05) is 24.3 Å². The van der Waals surface area contributed by atoms with Crippen LogP contribution in [0.4, 0.5) is 0 Å². The fourth-order valence-corrected chi connectivity index (χ4v) is 4.27. The summed E-state index contributed by atoms with van der Waals surface area (Å²) in [6.07, 6.45) is 0. The minimum atomic E-state index is -0.609. The van der Waals surface area contributed by atoms with Gasteiger partial charge in [-0.3, -0.25) is 14.2 Å². The molecule has 32 heavy (non-hydrogen) atoms. The van der Waals surface area contributed by atoms with E-state index in [0.717, 1.165) is 10.1 Å². The van der Waals surface area contributed by atoms with Crippen molar-refractivity contribution in [2.45, 2.75) is 13.1 Å². The summed E-state index contributed by atoms with van der Waals surface area (Å²) in [7, 11) is 3.05. The highest BCUT2D eigenvalue weighted by Crippen LogP contribution is 2.22. The van der Waals surface area contributed by atoms with Crippen molar-refractivity contribution in [3.8, 4) is 17.2 Å². The van der Waals surface area contributed by atoms with E-state index in [2.05, 4.69) is 5.32 Å². The zero-order valence-electron chi connectivity index (χ0n) is 17.5. The van der Waals surface area contributed by atoms with Crippen molar-refractivity contribution < 1.29 is 14.3 Å². The van der Waals surface area contributed by atoms with Crippen molar-refractivity contribution in [1.82, 2.24) is 14.5 Å². The fourth-order valence-electron chi connectivity index (χ4n) is 3.45. The molecule has 164 valence electrons. The average Bonchev–Trinajstić information content (AvgIpc) is 3.31. The first-order chi connectivity index (χ1) is 15.5. The smallest absolute Gasteiger partial charge is 0.336 e. The number of hydrogen-bond donors (Lipinski definition) is 1. The van der Waals surface area contributed by atoms with Crippen LogP contribution in [0.15, 0.2) is 69.6 Å². The van der Waals surface area contributed by atoms with E-state index in [4.69, 9.17) is 9.47 Å². The molecule has 9 heteroatoms. The molecule has 2 aromatic heterocycles. The third-order valence-electron chi connectivity index (χ3n) is 5.01. The molecule has 2 heterocycles. The summed E-state index contributed by atoms with van der Waals surface area (Å²) in [6, 6.07) is 15.8. The van der Waals surface area contributed by atoms with E-state index >= 15 is 0 Å². The van der Waals surface area contributed by atoms with Crippen LogP contribution in [0.5, 0.6) is 11.5 Å². The molecule has 0 fully saturated rings. The molecule has 0 aliphatic heterocycles. The van der Waals surface area contributed by atoms with Crippen molar-refractivity contribution in [2.75, 3.05) is 14.2 Å². The lowest BCUT2D eigenvalue weighted by molar-refractivity contribution is -0.121.